The summed E-state index contributed by atoms with van der Waals surface area (Å²) in [5.41, 5.74) is 0. The number of thiophene rings is 1. The van der Waals surface area contributed by atoms with Crippen LogP contribution in [0.15, 0.2) is 28.6 Å². The van der Waals surface area contributed by atoms with E-state index in [0.717, 1.165) is 6.54 Å². The summed E-state index contributed by atoms with van der Waals surface area (Å²) in [5, 5.41) is 7.65. The van der Waals surface area contributed by atoms with E-state index in [2.05, 4.69) is 57.3 Å². The van der Waals surface area contributed by atoms with E-state index < -0.39 is 0 Å². The van der Waals surface area contributed by atoms with Crippen molar-refractivity contribution in [1.29, 1.82) is 0 Å². The van der Waals surface area contributed by atoms with Crippen molar-refractivity contribution in [3.63, 3.8) is 0 Å². The van der Waals surface area contributed by atoms with Crippen LogP contribution in [-0.2, 0) is 6.54 Å². The molecule has 1 N–H and O–H groups in total. The van der Waals surface area contributed by atoms with Gasteiger partial charge in [-0.1, -0.05) is 0 Å². The molecular formula is C11H15BrN4S. The van der Waals surface area contributed by atoms with Crippen molar-refractivity contribution in [3.05, 3.63) is 33.5 Å². The SMILES string of the molecule is C[C@H](Cn1cncn1)N[C@H](C)c1ccc(Br)s1. The second-order valence-electron chi connectivity index (χ2n) is 4.05. The largest absolute Gasteiger partial charge is 0.305 e. The molecule has 0 aromatic carbocycles. The summed E-state index contributed by atoms with van der Waals surface area (Å²) in [7, 11) is 0. The van der Waals surface area contributed by atoms with Crippen LogP contribution in [0.1, 0.15) is 24.8 Å². The van der Waals surface area contributed by atoms with E-state index in [9.17, 15) is 0 Å². The van der Waals surface area contributed by atoms with Gasteiger partial charge in [-0.3, -0.25) is 4.68 Å². The number of nitrogens with zero attached hydrogens (tertiary/aromatic N) is 3. The summed E-state index contributed by atoms with van der Waals surface area (Å²) in [6.45, 7) is 5.16. The first-order valence-corrected chi connectivity index (χ1v) is 7.10. The molecule has 0 aliphatic heterocycles. The highest BCUT2D eigenvalue weighted by molar-refractivity contribution is 9.11. The number of nitrogens with one attached hydrogen (secondary N) is 1. The van der Waals surface area contributed by atoms with Gasteiger partial charge in [0, 0.05) is 17.0 Å². The second-order valence-corrected chi connectivity index (χ2v) is 6.54. The number of hydrogen-bond donors (Lipinski definition) is 1. The molecule has 0 aliphatic carbocycles. The zero-order valence-electron chi connectivity index (χ0n) is 9.80. The highest BCUT2D eigenvalue weighted by Gasteiger charge is 2.11. The van der Waals surface area contributed by atoms with Gasteiger partial charge in [0.05, 0.1) is 10.3 Å². The molecule has 0 radical (unpaired) electrons. The Hall–Kier alpha value is -0.720. The van der Waals surface area contributed by atoms with Gasteiger partial charge in [-0.25, -0.2) is 4.98 Å². The van der Waals surface area contributed by atoms with E-state index in [1.165, 1.54) is 8.66 Å². The van der Waals surface area contributed by atoms with E-state index in [1.54, 1.807) is 24.0 Å². The van der Waals surface area contributed by atoms with Crippen LogP contribution in [0.4, 0.5) is 0 Å². The molecule has 92 valence electrons. The van der Waals surface area contributed by atoms with Crippen LogP contribution in [0.5, 0.6) is 0 Å². The first-order valence-electron chi connectivity index (χ1n) is 5.49. The maximum atomic E-state index is 4.10. The Morgan fingerprint density at radius 1 is 1.47 bits per heavy atom. The smallest absolute Gasteiger partial charge is 0.137 e. The molecule has 0 unspecified atom stereocenters. The first kappa shape index (κ1) is 12.7. The van der Waals surface area contributed by atoms with Crippen LogP contribution in [0.2, 0.25) is 0 Å². The lowest BCUT2D eigenvalue weighted by Gasteiger charge is -2.18. The number of aromatic nitrogens is 3. The molecule has 0 bridgehead atoms. The third-order valence-corrected chi connectivity index (χ3v) is 4.29. The van der Waals surface area contributed by atoms with Crippen LogP contribution in [0.3, 0.4) is 0 Å². The summed E-state index contributed by atoms with van der Waals surface area (Å²) in [6, 6.07) is 4.94. The van der Waals surface area contributed by atoms with Gasteiger partial charge in [0.25, 0.3) is 0 Å². The van der Waals surface area contributed by atoms with Gasteiger partial charge in [-0.05, 0) is 41.9 Å². The maximum absolute atomic E-state index is 4.10. The Bertz CT molecular complexity index is 454. The van der Waals surface area contributed by atoms with Crippen molar-refractivity contribution in [1.82, 2.24) is 20.1 Å². The summed E-state index contributed by atoms with van der Waals surface area (Å²) < 4.78 is 3.01. The van der Waals surface area contributed by atoms with Crippen molar-refractivity contribution in [2.75, 3.05) is 0 Å². The molecule has 2 rings (SSSR count). The van der Waals surface area contributed by atoms with Crippen molar-refractivity contribution < 1.29 is 0 Å². The van der Waals surface area contributed by atoms with Crippen LogP contribution >= 0.6 is 27.3 Å². The number of rotatable bonds is 5. The van der Waals surface area contributed by atoms with E-state index in [0.29, 0.717) is 12.1 Å². The van der Waals surface area contributed by atoms with Crippen molar-refractivity contribution in [2.24, 2.45) is 0 Å². The lowest BCUT2D eigenvalue weighted by molar-refractivity contribution is 0.415. The minimum absolute atomic E-state index is 0.352. The summed E-state index contributed by atoms with van der Waals surface area (Å²) in [6.07, 6.45) is 3.30. The summed E-state index contributed by atoms with van der Waals surface area (Å²) in [5.74, 6) is 0. The van der Waals surface area contributed by atoms with Crippen LogP contribution < -0.4 is 5.32 Å². The highest BCUT2D eigenvalue weighted by atomic mass is 79.9. The number of hydrogen-bond acceptors (Lipinski definition) is 4. The zero-order chi connectivity index (χ0) is 12.3. The van der Waals surface area contributed by atoms with Crippen molar-refractivity contribution in [2.45, 2.75) is 32.5 Å². The minimum atomic E-state index is 0.352. The standard InChI is InChI=1S/C11H15BrN4S/c1-8(5-16-7-13-6-14-16)15-9(2)10-3-4-11(12)17-10/h3-4,6-9,15H,5H2,1-2H3/t8-,9-/m1/s1. The highest BCUT2D eigenvalue weighted by Crippen LogP contribution is 2.27. The number of halogens is 1. The van der Waals surface area contributed by atoms with Gasteiger partial charge < -0.3 is 5.32 Å². The summed E-state index contributed by atoms with van der Waals surface area (Å²) in [4.78, 5) is 5.27. The molecule has 4 nitrogen and oxygen atoms in total. The van der Waals surface area contributed by atoms with Crippen LogP contribution in [-0.4, -0.2) is 20.8 Å². The molecule has 2 aromatic heterocycles. The molecule has 0 saturated carbocycles. The molecule has 0 saturated heterocycles. The predicted molar refractivity (Wildman–Crippen MR) is 73.1 cm³/mol. The normalized spacial score (nSPS) is 14.8. The fourth-order valence-corrected chi connectivity index (χ4v) is 3.17. The maximum Gasteiger partial charge on any atom is 0.137 e. The van der Waals surface area contributed by atoms with Crippen LogP contribution in [0.25, 0.3) is 0 Å². The van der Waals surface area contributed by atoms with Gasteiger partial charge in [0.1, 0.15) is 12.7 Å². The molecule has 17 heavy (non-hydrogen) atoms. The summed E-state index contributed by atoms with van der Waals surface area (Å²) >= 11 is 5.25. The Morgan fingerprint density at radius 2 is 2.29 bits per heavy atom. The Kier molecular flexibility index (Phi) is 4.31. The quantitative estimate of drug-likeness (QED) is 0.922. The molecular weight excluding hydrogens is 300 g/mol. The third-order valence-electron chi connectivity index (χ3n) is 2.48. The Morgan fingerprint density at radius 3 is 2.88 bits per heavy atom. The fraction of sp³-hybridized carbons (Fsp3) is 0.455. The van der Waals surface area contributed by atoms with Crippen LogP contribution in [0, 0.1) is 0 Å². The van der Waals surface area contributed by atoms with E-state index >= 15 is 0 Å². The van der Waals surface area contributed by atoms with Crippen molar-refractivity contribution in [3.8, 4) is 0 Å². The molecule has 0 spiro atoms. The molecule has 0 fully saturated rings. The minimum Gasteiger partial charge on any atom is -0.305 e. The van der Waals surface area contributed by atoms with Gasteiger partial charge in [0.2, 0.25) is 0 Å². The average Bonchev–Trinajstić information content (AvgIpc) is 2.89. The average molecular weight is 315 g/mol. The monoisotopic (exact) mass is 314 g/mol. The first-order chi connectivity index (χ1) is 8.15. The zero-order valence-corrected chi connectivity index (χ0v) is 12.2. The Labute approximate surface area is 113 Å². The lowest BCUT2D eigenvalue weighted by Crippen LogP contribution is -2.32. The van der Waals surface area contributed by atoms with E-state index in [-0.39, 0.29) is 0 Å². The van der Waals surface area contributed by atoms with E-state index in [1.807, 2.05) is 4.68 Å². The lowest BCUT2D eigenvalue weighted by atomic mass is 10.2. The van der Waals surface area contributed by atoms with Gasteiger partial charge in [-0.2, -0.15) is 5.10 Å². The molecule has 0 aliphatic rings. The predicted octanol–water partition coefficient (Wildman–Crippen LogP) is 2.84. The molecule has 6 heteroatoms. The molecule has 2 atom stereocenters. The van der Waals surface area contributed by atoms with E-state index in [4.69, 9.17) is 0 Å². The second kappa shape index (κ2) is 5.75. The molecule has 2 heterocycles. The van der Waals surface area contributed by atoms with Gasteiger partial charge >= 0.3 is 0 Å². The topological polar surface area (TPSA) is 42.7 Å². The fourth-order valence-electron chi connectivity index (χ4n) is 1.73. The molecule has 0 amide bonds. The Balaban J connectivity index is 1.88. The molecule has 2 aromatic rings. The van der Waals surface area contributed by atoms with Gasteiger partial charge in [0.15, 0.2) is 0 Å². The third kappa shape index (κ3) is 3.62. The van der Waals surface area contributed by atoms with Crippen molar-refractivity contribution >= 4 is 27.3 Å². The van der Waals surface area contributed by atoms with Gasteiger partial charge in [-0.15, -0.1) is 11.3 Å².